The van der Waals surface area contributed by atoms with Crippen LogP contribution in [-0.2, 0) is 9.05 Å². The summed E-state index contributed by atoms with van der Waals surface area (Å²) in [6.07, 6.45) is 0. The van der Waals surface area contributed by atoms with Crippen LogP contribution < -0.4 is 0 Å². The monoisotopic (exact) mass is 290 g/mol. The first-order chi connectivity index (χ1) is 8.39. The molecule has 0 atom stereocenters. The van der Waals surface area contributed by atoms with Gasteiger partial charge in [-0.1, -0.05) is 18.2 Å². The lowest BCUT2D eigenvalue weighted by Crippen LogP contribution is -1.89. The van der Waals surface area contributed by atoms with Crippen LogP contribution in [0.3, 0.4) is 0 Å². The predicted molar refractivity (Wildman–Crippen MR) is 65.8 cm³/mol. The second-order valence-corrected chi connectivity index (χ2v) is 5.75. The molecule has 2 rings (SSSR count). The van der Waals surface area contributed by atoms with Crippen LogP contribution in [0.5, 0.6) is 0 Å². The molecule has 96 valence electrons. The summed E-state index contributed by atoms with van der Waals surface area (Å²) in [5.41, 5.74) is 0. The molecule has 0 aromatic heterocycles. The Hall–Kier alpha value is -1.46. The maximum Gasteiger partial charge on any atom is 0.261 e. The highest BCUT2D eigenvalue weighted by Crippen LogP contribution is 2.14. The van der Waals surface area contributed by atoms with Gasteiger partial charge < -0.3 is 0 Å². The fraction of sp³-hybridized carbons (Fsp3) is 0. The molecule has 0 saturated heterocycles. The molecule has 2 aromatic rings. The Morgan fingerprint density at radius 3 is 1.56 bits per heavy atom. The highest BCUT2D eigenvalue weighted by atomic mass is 35.7. The number of benzene rings is 2. The Bertz CT molecular complexity index is 583. The first-order valence-corrected chi connectivity index (χ1v) is 7.11. The minimum atomic E-state index is -3.71. The summed E-state index contributed by atoms with van der Waals surface area (Å²) in [6.45, 7) is 0. The van der Waals surface area contributed by atoms with Crippen molar-refractivity contribution in [3.05, 3.63) is 66.2 Å². The van der Waals surface area contributed by atoms with Gasteiger partial charge in [-0.2, -0.15) is 0 Å². The minimum Gasteiger partial charge on any atom is -0.207 e. The first-order valence-electron chi connectivity index (χ1n) is 4.80. The molecular weight excluding hydrogens is 282 g/mol. The van der Waals surface area contributed by atoms with Crippen LogP contribution in [0.4, 0.5) is 8.78 Å². The van der Waals surface area contributed by atoms with E-state index in [1.165, 1.54) is 12.1 Å². The van der Waals surface area contributed by atoms with Crippen LogP contribution >= 0.6 is 10.7 Å². The largest absolute Gasteiger partial charge is 0.261 e. The van der Waals surface area contributed by atoms with Crippen molar-refractivity contribution >= 4 is 19.7 Å². The van der Waals surface area contributed by atoms with Gasteiger partial charge in [0.1, 0.15) is 11.6 Å². The maximum atomic E-state index is 12.2. The average Bonchev–Trinajstić information content (AvgIpc) is 2.30. The second-order valence-electron chi connectivity index (χ2n) is 3.19. The summed E-state index contributed by atoms with van der Waals surface area (Å²) in [5, 5.41) is 0. The number of hydrogen-bond donors (Lipinski definition) is 0. The SMILES string of the molecule is Fc1ccccc1.O=S(=O)(Cl)c1ccc(F)cc1. The van der Waals surface area contributed by atoms with E-state index in [2.05, 4.69) is 0 Å². The molecule has 2 nitrogen and oxygen atoms in total. The molecule has 0 bridgehead atoms. The average molecular weight is 291 g/mol. The van der Waals surface area contributed by atoms with E-state index in [1.807, 2.05) is 0 Å². The molecule has 0 fully saturated rings. The van der Waals surface area contributed by atoms with Gasteiger partial charge in [-0.05, 0) is 36.4 Å². The van der Waals surface area contributed by atoms with Crippen LogP contribution in [0.15, 0.2) is 59.5 Å². The number of halogens is 3. The molecule has 0 saturated carbocycles. The van der Waals surface area contributed by atoms with Gasteiger partial charge in [-0.3, -0.25) is 0 Å². The molecule has 18 heavy (non-hydrogen) atoms. The first kappa shape index (κ1) is 14.6. The molecule has 2 aromatic carbocycles. The lowest BCUT2D eigenvalue weighted by Gasteiger charge is -1.93. The summed E-state index contributed by atoms with van der Waals surface area (Å²) in [4.78, 5) is -0.0967. The van der Waals surface area contributed by atoms with Crippen molar-refractivity contribution in [2.45, 2.75) is 4.90 Å². The van der Waals surface area contributed by atoms with E-state index in [4.69, 9.17) is 10.7 Å². The second kappa shape index (κ2) is 6.47. The van der Waals surface area contributed by atoms with Crippen LogP contribution in [0.25, 0.3) is 0 Å². The van der Waals surface area contributed by atoms with Gasteiger partial charge in [0.25, 0.3) is 9.05 Å². The van der Waals surface area contributed by atoms with Crippen molar-refractivity contribution in [1.82, 2.24) is 0 Å². The van der Waals surface area contributed by atoms with Crippen LogP contribution in [0.1, 0.15) is 0 Å². The van der Waals surface area contributed by atoms with Crippen LogP contribution in [-0.4, -0.2) is 8.42 Å². The van der Waals surface area contributed by atoms with E-state index in [1.54, 1.807) is 18.2 Å². The fourth-order valence-corrected chi connectivity index (χ4v) is 1.78. The Balaban J connectivity index is 0.000000199. The zero-order valence-corrected chi connectivity index (χ0v) is 10.6. The summed E-state index contributed by atoms with van der Waals surface area (Å²) < 4.78 is 45.3. The van der Waals surface area contributed by atoms with E-state index < -0.39 is 14.9 Å². The molecule has 0 spiro atoms. The Morgan fingerprint density at radius 1 is 0.778 bits per heavy atom. The molecule has 6 heteroatoms. The summed E-state index contributed by atoms with van der Waals surface area (Å²) in [6, 6.07) is 12.2. The third-order valence-electron chi connectivity index (χ3n) is 1.83. The quantitative estimate of drug-likeness (QED) is 0.752. The zero-order chi connectivity index (χ0) is 13.6. The molecule has 0 radical (unpaired) electrons. The molecular formula is C12H9ClF2O2S. The van der Waals surface area contributed by atoms with E-state index in [0.717, 1.165) is 24.3 Å². The van der Waals surface area contributed by atoms with Gasteiger partial charge in [0.05, 0.1) is 4.90 Å². The Morgan fingerprint density at radius 2 is 1.22 bits per heavy atom. The third kappa shape index (κ3) is 5.25. The number of hydrogen-bond acceptors (Lipinski definition) is 2. The molecule has 0 aliphatic heterocycles. The smallest absolute Gasteiger partial charge is 0.207 e. The van der Waals surface area contributed by atoms with Crippen molar-refractivity contribution in [3.8, 4) is 0 Å². The lowest BCUT2D eigenvalue weighted by atomic mass is 10.4. The molecule has 0 aliphatic carbocycles. The van der Waals surface area contributed by atoms with E-state index in [9.17, 15) is 17.2 Å². The minimum absolute atomic E-state index is 0.0967. The maximum absolute atomic E-state index is 12.2. The predicted octanol–water partition coefficient (Wildman–Crippen LogP) is 3.58. The molecule has 0 aliphatic rings. The normalized spacial score (nSPS) is 10.4. The van der Waals surface area contributed by atoms with Crippen molar-refractivity contribution in [3.63, 3.8) is 0 Å². The van der Waals surface area contributed by atoms with Gasteiger partial charge in [-0.25, -0.2) is 17.2 Å². The number of rotatable bonds is 1. The molecule has 0 unspecified atom stereocenters. The third-order valence-corrected chi connectivity index (χ3v) is 3.20. The molecule has 0 amide bonds. The zero-order valence-electron chi connectivity index (χ0n) is 9.05. The van der Waals surface area contributed by atoms with Crippen molar-refractivity contribution < 1.29 is 17.2 Å². The summed E-state index contributed by atoms with van der Waals surface area (Å²) >= 11 is 0. The van der Waals surface area contributed by atoms with Gasteiger partial charge in [0.15, 0.2) is 0 Å². The van der Waals surface area contributed by atoms with Gasteiger partial charge in [0, 0.05) is 10.7 Å². The Labute approximate surface area is 108 Å². The highest BCUT2D eigenvalue weighted by Gasteiger charge is 2.08. The van der Waals surface area contributed by atoms with E-state index >= 15 is 0 Å². The van der Waals surface area contributed by atoms with Crippen molar-refractivity contribution in [2.75, 3.05) is 0 Å². The van der Waals surface area contributed by atoms with Crippen LogP contribution in [0, 0.1) is 11.6 Å². The van der Waals surface area contributed by atoms with Crippen LogP contribution in [0.2, 0.25) is 0 Å². The fourth-order valence-electron chi connectivity index (χ4n) is 1.01. The molecule has 0 N–H and O–H groups in total. The van der Waals surface area contributed by atoms with Crippen molar-refractivity contribution in [2.24, 2.45) is 0 Å². The summed E-state index contributed by atoms with van der Waals surface area (Å²) in [7, 11) is 1.25. The van der Waals surface area contributed by atoms with Gasteiger partial charge in [-0.15, -0.1) is 0 Å². The van der Waals surface area contributed by atoms with Gasteiger partial charge in [0.2, 0.25) is 0 Å². The lowest BCUT2D eigenvalue weighted by molar-refractivity contribution is 0.607. The Kier molecular flexibility index (Phi) is 5.25. The molecule has 0 heterocycles. The van der Waals surface area contributed by atoms with E-state index in [0.29, 0.717) is 0 Å². The summed E-state index contributed by atoms with van der Waals surface area (Å²) in [5.74, 6) is -0.670. The highest BCUT2D eigenvalue weighted by molar-refractivity contribution is 8.13. The van der Waals surface area contributed by atoms with Gasteiger partial charge >= 0.3 is 0 Å². The topological polar surface area (TPSA) is 34.1 Å². The standard InChI is InChI=1S/C6H4ClFO2S.C6H5F/c7-11(9,10)6-3-1-5(8)2-4-6;7-6-4-2-1-3-5-6/h1-4H;1-5H. The van der Waals surface area contributed by atoms with Crippen molar-refractivity contribution in [1.29, 1.82) is 0 Å². The van der Waals surface area contributed by atoms with E-state index in [-0.39, 0.29) is 10.7 Å².